The van der Waals surface area contributed by atoms with Crippen molar-refractivity contribution in [2.24, 2.45) is 0 Å². The molecule has 0 aliphatic carbocycles. The lowest BCUT2D eigenvalue weighted by atomic mass is 9.78. The van der Waals surface area contributed by atoms with E-state index >= 15 is 0 Å². The summed E-state index contributed by atoms with van der Waals surface area (Å²) in [5, 5.41) is 18.9. The number of nitriles is 1. The molecule has 1 saturated heterocycles. The van der Waals surface area contributed by atoms with Crippen molar-refractivity contribution in [3.05, 3.63) is 71.0 Å². The van der Waals surface area contributed by atoms with Crippen LogP contribution in [0.3, 0.4) is 0 Å². The molecule has 0 bridgehead atoms. The Labute approximate surface area is 157 Å². The zero-order valence-electron chi connectivity index (χ0n) is 14.5. The highest BCUT2D eigenvalue weighted by atomic mass is 32.2. The standard InChI is InChI=1S/C20H17FN2O3S/c1-27(25,26)23-18(12-22)20(19(23)13-24)16-9-7-14(8-10-16)5-6-15-3-2-4-17(21)11-15/h2-4,7-11,18-20,24H,13H2,1H3/t18-,19+,20-/m0/s1. The van der Waals surface area contributed by atoms with Gasteiger partial charge in [-0.1, -0.05) is 30.0 Å². The number of aliphatic hydroxyl groups excluding tert-OH is 1. The van der Waals surface area contributed by atoms with Crippen LogP contribution < -0.4 is 0 Å². The molecule has 5 nitrogen and oxygen atoms in total. The van der Waals surface area contributed by atoms with Gasteiger partial charge in [0.1, 0.15) is 11.9 Å². The molecule has 3 atom stereocenters. The maximum absolute atomic E-state index is 13.2. The summed E-state index contributed by atoms with van der Waals surface area (Å²) in [6.45, 7) is -0.364. The van der Waals surface area contributed by atoms with E-state index in [1.807, 2.05) is 6.07 Å². The second-order valence-corrected chi connectivity index (χ2v) is 8.21. The lowest BCUT2D eigenvalue weighted by Crippen LogP contribution is -2.64. The Morgan fingerprint density at radius 2 is 1.81 bits per heavy atom. The molecule has 1 fully saturated rings. The van der Waals surface area contributed by atoms with Gasteiger partial charge in [-0.2, -0.15) is 9.57 Å². The molecule has 7 heteroatoms. The second kappa shape index (κ2) is 7.50. The molecule has 0 saturated carbocycles. The molecule has 27 heavy (non-hydrogen) atoms. The Morgan fingerprint density at radius 1 is 1.15 bits per heavy atom. The smallest absolute Gasteiger partial charge is 0.212 e. The van der Waals surface area contributed by atoms with Crippen LogP contribution in [0.25, 0.3) is 0 Å². The van der Waals surface area contributed by atoms with Crippen molar-refractivity contribution in [3.8, 4) is 17.9 Å². The quantitative estimate of drug-likeness (QED) is 0.819. The zero-order chi connectivity index (χ0) is 19.6. The number of rotatable bonds is 3. The van der Waals surface area contributed by atoms with Gasteiger partial charge in [-0.15, -0.1) is 0 Å². The third kappa shape index (κ3) is 3.86. The van der Waals surface area contributed by atoms with E-state index in [-0.39, 0.29) is 12.4 Å². The number of benzene rings is 2. The van der Waals surface area contributed by atoms with Gasteiger partial charge in [-0.3, -0.25) is 0 Å². The van der Waals surface area contributed by atoms with Crippen LogP contribution >= 0.6 is 0 Å². The summed E-state index contributed by atoms with van der Waals surface area (Å²) >= 11 is 0. The van der Waals surface area contributed by atoms with E-state index in [1.165, 1.54) is 12.1 Å². The summed E-state index contributed by atoms with van der Waals surface area (Å²) in [4.78, 5) is 0. The Morgan fingerprint density at radius 3 is 2.37 bits per heavy atom. The van der Waals surface area contributed by atoms with Gasteiger partial charge in [-0.25, -0.2) is 12.8 Å². The Bertz CT molecular complexity index is 1050. The van der Waals surface area contributed by atoms with Crippen molar-refractivity contribution in [3.63, 3.8) is 0 Å². The van der Waals surface area contributed by atoms with Gasteiger partial charge in [0, 0.05) is 17.0 Å². The van der Waals surface area contributed by atoms with E-state index in [0.717, 1.165) is 16.1 Å². The van der Waals surface area contributed by atoms with Crippen LogP contribution in [0.2, 0.25) is 0 Å². The molecule has 0 amide bonds. The van der Waals surface area contributed by atoms with Crippen LogP contribution in [0, 0.1) is 29.0 Å². The van der Waals surface area contributed by atoms with E-state index in [2.05, 4.69) is 11.8 Å². The molecule has 1 aliphatic rings. The van der Waals surface area contributed by atoms with Crippen molar-refractivity contribution in [1.29, 1.82) is 5.26 Å². The van der Waals surface area contributed by atoms with Crippen LogP contribution in [0.5, 0.6) is 0 Å². The summed E-state index contributed by atoms with van der Waals surface area (Å²) in [5.74, 6) is 5.06. The second-order valence-electron chi connectivity index (χ2n) is 6.32. The van der Waals surface area contributed by atoms with E-state index in [0.29, 0.717) is 11.1 Å². The van der Waals surface area contributed by atoms with E-state index in [9.17, 15) is 23.2 Å². The van der Waals surface area contributed by atoms with Gasteiger partial charge in [0.25, 0.3) is 0 Å². The monoisotopic (exact) mass is 384 g/mol. The first-order valence-electron chi connectivity index (χ1n) is 8.21. The van der Waals surface area contributed by atoms with Crippen molar-refractivity contribution in [1.82, 2.24) is 4.31 Å². The highest BCUT2D eigenvalue weighted by Gasteiger charge is 2.53. The molecular weight excluding hydrogens is 367 g/mol. The molecule has 1 aliphatic heterocycles. The molecule has 0 radical (unpaired) electrons. The molecule has 3 rings (SSSR count). The van der Waals surface area contributed by atoms with Crippen LogP contribution in [0.15, 0.2) is 48.5 Å². The molecule has 0 unspecified atom stereocenters. The fourth-order valence-electron chi connectivity index (χ4n) is 3.32. The minimum atomic E-state index is -3.58. The highest BCUT2D eigenvalue weighted by molar-refractivity contribution is 7.88. The predicted molar refractivity (Wildman–Crippen MR) is 98.5 cm³/mol. The number of aliphatic hydroxyl groups is 1. The topological polar surface area (TPSA) is 81.4 Å². The van der Waals surface area contributed by atoms with Gasteiger partial charge in [0.15, 0.2) is 0 Å². The lowest BCUT2D eigenvalue weighted by molar-refractivity contribution is 0.0564. The average Bonchev–Trinajstić information content (AvgIpc) is 2.60. The number of halogens is 1. The van der Waals surface area contributed by atoms with Crippen LogP contribution in [0.4, 0.5) is 4.39 Å². The molecule has 2 aromatic carbocycles. The van der Waals surface area contributed by atoms with Crippen LogP contribution in [-0.2, 0) is 10.0 Å². The van der Waals surface area contributed by atoms with E-state index in [1.54, 1.807) is 36.4 Å². The van der Waals surface area contributed by atoms with Crippen LogP contribution in [-0.4, -0.2) is 42.8 Å². The predicted octanol–water partition coefficient (Wildman–Crippen LogP) is 1.84. The zero-order valence-corrected chi connectivity index (χ0v) is 15.3. The number of nitrogens with zero attached hydrogens (tertiary/aromatic N) is 2. The molecule has 0 aromatic heterocycles. The van der Waals surface area contributed by atoms with Gasteiger partial charge in [0.2, 0.25) is 10.0 Å². The third-order valence-corrected chi connectivity index (χ3v) is 5.79. The molecule has 1 heterocycles. The summed E-state index contributed by atoms with van der Waals surface area (Å²) in [6, 6.07) is 13.6. The largest absolute Gasteiger partial charge is 0.395 e. The molecule has 138 valence electrons. The van der Waals surface area contributed by atoms with Crippen molar-refractivity contribution >= 4 is 10.0 Å². The van der Waals surface area contributed by atoms with Gasteiger partial charge in [-0.05, 0) is 35.9 Å². The maximum atomic E-state index is 13.2. The Kier molecular flexibility index (Phi) is 5.29. The molecule has 2 aromatic rings. The van der Waals surface area contributed by atoms with Crippen molar-refractivity contribution in [2.75, 3.05) is 12.9 Å². The average molecular weight is 384 g/mol. The molecule has 0 spiro atoms. The Balaban J connectivity index is 1.83. The summed E-state index contributed by atoms with van der Waals surface area (Å²) in [7, 11) is -3.58. The van der Waals surface area contributed by atoms with Crippen LogP contribution in [0.1, 0.15) is 22.6 Å². The first-order valence-corrected chi connectivity index (χ1v) is 10.1. The Hall–Kier alpha value is -2.71. The first-order chi connectivity index (χ1) is 12.8. The lowest BCUT2D eigenvalue weighted by Gasteiger charge is -2.49. The van der Waals surface area contributed by atoms with E-state index in [4.69, 9.17) is 0 Å². The fraction of sp³-hybridized carbons (Fsp3) is 0.250. The normalized spacial score (nSPS) is 22.2. The molecule has 1 N–H and O–H groups in total. The summed E-state index contributed by atoms with van der Waals surface area (Å²) < 4.78 is 37.9. The van der Waals surface area contributed by atoms with Gasteiger partial charge in [0.05, 0.1) is 25.0 Å². The summed E-state index contributed by atoms with van der Waals surface area (Å²) in [5.41, 5.74) is 2.03. The number of sulfonamides is 1. The highest BCUT2D eigenvalue weighted by Crippen LogP contribution is 2.41. The number of hydrogen-bond acceptors (Lipinski definition) is 4. The number of hydrogen-bond donors (Lipinski definition) is 1. The van der Waals surface area contributed by atoms with Crippen molar-refractivity contribution in [2.45, 2.75) is 18.0 Å². The van der Waals surface area contributed by atoms with E-state index < -0.39 is 28.0 Å². The summed E-state index contributed by atoms with van der Waals surface area (Å²) in [6.07, 6.45) is 1.03. The SMILES string of the molecule is CS(=O)(=O)N1[C@H](CO)[C@@H](c2ccc(C#Cc3cccc(F)c3)cc2)[C@@H]1C#N. The minimum absolute atomic E-state index is 0.352. The van der Waals surface area contributed by atoms with Gasteiger partial charge < -0.3 is 5.11 Å². The van der Waals surface area contributed by atoms with Gasteiger partial charge >= 0.3 is 0 Å². The maximum Gasteiger partial charge on any atom is 0.212 e. The van der Waals surface area contributed by atoms with Crippen molar-refractivity contribution < 1.29 is 17.9 Å². The fourth-order valence-corrected chi connectivity index (χ4v) is 4.60. The minimum Gasteiger partial charge on any atom is -0.395 e. The molecular formula is C20H17FN2O3S. The third-order valence-electron chi connectivity index (χ3n) is 4.53. The first kappa shape index (κ1) is 19.1.